The van der Waals surface area contributed by atoms with E-state index in [0.29, 0.717) is 35.9 Å². The predicted molar refractivity (Wildman–Crippen MR) is 71.2 cm³/mol. The summed E-state index contributed by atoms with van der Waals surface area (Å²) in [6, 6.07) is 4.41. The van der Waals surface area contributed by atoms with Crippen LogP contribution in [0.5, 0.6) is 0 Å². The van der Waals surface area contributed by atoms with Crippen LogP contribution in [0.4, 0.5) is 5.69 Å². The van der Waals surface area contributed by atoms with Crippen LogP contribution < -0.4 is 5.32 Å². The average molecular weight is 274 g/mol. The summed E-state index contributed by atoms with van der Waals surface area (Å²) >= 11 is 0. The first-order chi connectivity index (χ1) is 9.72. The van der Waals surface area contributed by atoms with Gasteiger partial charge in [-0.2, -0.15) is 0 Å². The van der Waals surface area contributed by atoms with Crippen molar-refractivity contribution in [2.24, 2.45) is 0 Å². The Morgan fingerprint density at radius 1 is 1.30 bits per heavy atom. The molecule has 2 rings (SSSR count). The Labute approximate surface area is 115 Å². The van der Waals surface area contributed by atoms with Crippen LogP contribution in [0.25, 0.3) is 0 Å². The summed E-state index contributed by atoms with van der Waals surface area (Å²) in [6.45, 7) is 0.257. The fraction of sp³-hybridized carbons (Fsp3) is 0.286. The monoisotopic (exact) mass is 274 g/mol. The van der Waals surface area contributed by atoms with E-state index in [1.807, 2.05) is 0 Å². The van der Waals surface area contributed by atoms with E-state index in [-0.39, 0.29) is 18.9 Å². The zero-order valence-corrected chi connectivity index (χ0v) is 10.7. The van der Waals surface area contributed by atoms with Crippen molar-refractivity contribution < 1.29 is 19.2 Å². The van der Waals surface area contributed by atoms with Gasteiger partial charge in [-0.1, -0.05) is 6.07 Å². The molecule has 0 aliphatic carbocycles. The Morgan fingerprint density at radius 3 is 2.75 bits per heavy atom. The smallest absolute Gasteiger partial charge is 0.255 e. The molecular formula is C14H14N2O4. The molecular weight excluding hydrogens is 260 g/mol. The number of hydrogen-bond donors (Lipinski definition) is 1. The molecule has 1 aliphatic heterocycles. The van der Waals surface area contributed by atoms with Crippen molar-refractivity contribution in [1.29, 1.82) is 0 Å². The molecule has 2 amide bonds. The topological polar surface area (TPSA) is 83.6 Å². The first-order valence-electron chi connectivity index (χ1n) is 6.25. The highest BCUT2D eigenvalue weighted by Crippen LogP contribution is 2.30. The van der Waals surface area contributed by atoms with E-state index in [2.05, 4.69) is 5.32 Å². The minimum absolute atomic E-state index is 0.225. The van der Waals surface area contributed by atoms with Gasteiger partial charge in [-0.05, 0) is 18.6 Å². The fourth-order valence-electron chi connectivity index (χ4n) is 2.36. The van der Waals surface area contributed by atoms with Crippen molar-refractivity contribution in [2.75, 3.05) is 5.32 Å². The summed E-state index contributed by atoms with van der Waals surface area (Å²) < 4.78 is 0. The zero-order valence-electron chi connectivity index (χ0n) is 10.7. The van der Waals surface area contributed by atoms with E-state index in [0.717, 1.165) is 6.29 Å². The molecule has 1 aliphatic rings. The van der Waals surface area contributed by atoms with Crippen LogP contribution >= 0.6 is 0 Å². The summed E-state index contributed by atoms with van der Waals surface area (Å²) in [5.74, 6) is -0.252. The number of aldehydes is 2. The van der Waals surface area contributed by atoms with Gasteiger partial charge in [0.15, 0.2) is 0 Å². The van der Waals surface area contributed by atoms with Crippen molar-refractivity contribution in [3.8, 4) is 0 Å². The van der Waals surface area contributed by atoms with Crippen molar-refractivity contribution in [3.05, 3.63) is 29.3 Å². The number of amides is 2. The van der Waals surface area contributed by atoms with Crippen LogP contribution in [-0.2, 0) is 20.9 Å². The third-order valence-electron chi connectivity index (χ3n) is 3.35. The van der Waals surface area contributed by atoms with Gasteiger partial charge in [-0.3, -0.25) is 9.59 Å². The third-order valence-corrected chi connectivity index (χ3v) is 3.35. The van der Waals surface area contributed by atoms with Crippen LogP contribution in [-0.4, -0.2) is 35.8 Å². The van der Waals surface area contributed by atoms with Gasteiger partial charge in [0, 0.05) is 29.8 Å². The second-order valence-corrected chi connectivity index (χ2v) is 4.47. The molecule has 0 radical (unpaired) electrons. The van der Waals surface area contributed by atoms with Crippen LogP contribution in [0.2, 0.25) is 0 Å². The van der Waals surface area contributed by atoms with Gasteiger partial charge in [0.1, 0.15) is 12.6 Å². The molecule has 0 aromatic heterocycles. The number of hydrogen-bond acceptors (Lipinski definition) is 4. The molecule has 104 valence electrons. The van der Waals surface area contributed by atoms with E-state index in [4.69, 9.17) is 0 Å². The minimum atomic E-state index is -0.621. The maximum Gasteiger partial charge on any atom is 0.255 e. The van der Waals surface area contributed by atoms with Crippen LogP contribution in [0.3, 0.4) is 0 Å². The molecule has 6 nitrogen and oxygen atoms in total. The quantitative estimate of drug-likeness (QED) is 0.744. The summed E-state index contributed by atoms with van der Waals surface area (Å²) in [5.41, 5.74) is 1.74. The summed E-state index contributed by atoms with van der Waals surface area (Å²) in [4.78, 5) is 45.8. The second-order valence-electron chi connectivity index (χ2n) is 4.47. The van der Waals surface area contributed by atoms with Gasteiger partial charge in [0.25, 0.3) is 5.91 Å². The average Bonchev–Trinajstić information content (AvgIpc) is 2.79. The lowest BCUT2D eigenvalue weighted by Gasteiger charge is -2.22. The van der Waals surface area contributed by atoms with Crippen LogP contribution in [0.1, 0.15) is 28.8 Å². The van der Waals surface area contributed by atoms with Gasteiger partial charge >= 0.3 is 0 Å². The molecule has 0 spiro atoms. The minimum Gasteiger partial charge on any atom is -0.328 e. The zero-order chi connectivity index (χ0) is 14.5. The Bertz CT molecular complexity index is 556. The molecule has 0 saturated carbocycles. The van der Waals surface area contributed by atoms with E-state index < -0.39 is 6.04 Å². The second kappa shape index (κ2) is 6.10. The number of carbonyl (C=O) groups excluding carboxylic acids is 4. The summed E-state index contributed by atoms with van der Waals surface area (Å²) in [7, 11) is 0. The number of fused-ring (bicyclic) bond motifs is 1. The maximum absolute atomic E-state index is 12.3. The fourth-order valence-corrected chi connectivity index (χ4v) is 2.36. The standard InChI is InChI=1S/C14H14N2O4/c17-6-2-3-10(8-18)16-7-12-11(14(16)20)4-1-5-13(12)15-9-19/h1,4-6,8-10H,2-3,7H2,(H,15,19). The molecule has 1 aromatic carbocycles. The van der Waals surface area contributed by atoms with E-state index in [1.54, 1.807) is 18.2 Å². The van der Waals surface area contributed by atoms with E-state index >= 15 is 0 Å². The van der Waals surface area contributed by atoms with E-state index in [1.165, 1.54) is 4.90 Å². The van der Waals surface area contributed by atoms with Gasteiger partial charge in [-0.25, -0.2) is 0 Å². The lowest BCUT2D eigenvalue weighted by molar-refractivity contribution is -0.112. The van der Waals surface area contributed by atoms with Crippen LogP contribution in [0.15, 0.2) is 18.2 Å². The van der Waals surface area contributed by atoms with Gasteiger partial charge in [0.2, 0.25) is 6.41 Å². The Kier molecular flexibility index (Phi) is 4.24. The summed E-state index contributed by atoms with van der Waals surface area (Å²) in [5, 5.41) is 2.55. The van der Waals surface area contributed by atoms with Crippen LogP contribution in [0, 0.1) is 0 Å². The molecule has 1 heterocycles. The lowest BCUT2D eigenvalue weighted by atomic mass is 10.1. The predicted octanol–water partition coefficient (Wildman–Crippen LogP) is 0.757. The third kappa shape index (κ3) is 2.45. The normalized spacial score (nSPS) is 14.6. The molecule has 0 saturated heterocycles. The Balaban J connectivity index is 2.27. The Hall–Kier alpha value is -2.50. The van der Waals surface area contributed by atoms with Crippen molar-refractivity contribution in [3.63, 3.8) is 0 Å². The van der Waals surface area contributed by atoms with Crippen molar-refractivity contribution in [2.45, 2.75) is 25.4 Å². The molecule has 0 bridgehead atoms. The highest BCUT2D eigenvalue weighted by Gasteiger charge is 2.33. The van der Waals surface area contributed by atoms with Crippen molar-refractivity contribution in [1.82, 2.24) is 4.90 Å². The number of anilines is 1. The van der Waals surface area contributed by atoms with Gasteiger partial charge < -0.3 is 19.8 Å². The molecule has 6 heteroatoms. The van der Waals surface area contributed by atoms with Crippen molar-refractivity contribution >= 4 is 30.6 Å². The molecule has 1 aromatic rings. The van der Waals surface area contributed by atoms with Gasteiger partial charge in [0.05, 0.1) is 6.04 Å². The molecule has 1 atom stereocenters. The highest BCUT2D eigenvalue weighted by molar-refractivity contribution is 6.01. The number of nitrogens with one attached hydrogen (secondary N) is 1. The Morgan fingerprint density at radius 2 is 2.10 bits per heavy atom. The number of benzene rings is 1. The molecule has 1 N–H and O–H groups in total. The number of rotatable bonds is 7. The SMILES string of the molecule is O=CCCC(C=O)N1Cc2c(NC=O)cccc2C1=O. The largest absolute Gasteiger partial charge is 0.328 e. The lowest BCUT2D eigenvalue weighted by Crippen LogP contribution is -2.36. The first kappa shape index (κ1) is 13.9. The molecule has 20 heavy (non-hydrogen) atoms. The maximum atomic E-state index is 12.3. The molecule has 0 fully saturated rings. The summed E-state index contributed by atoms with van der Waals surface area (Å²) in [6.07, 6.45) is 2.49. The number of nitrogens with zero attached hydrogens (tertiary/aromatic N) is 1. The molecule has 1 unspecified atom stereocenters. The number of carbonyl (C=O) groups is 4. The first-order valence-corrected chi connectivity index (χ1v) is 6.25. The highest BCUT2D eigenvalue weighted by atomic mass is 16.2. The van der Waals surface area contributed by atoms with E-state index in [9.17, 15) is 19.2 Å². The van der Waals surface area contributed by atoms with Gasteiger partial charge in [-0.15, -0.1) is 0 Å².